The van der Waals surface area contributed by atoms with E-state index in [2.05, 4.69) is 10.6 Å². The van der Waals surface area contributed by atoms with E-state index in [1.807, 2.05) is 27.7 Å². The number of carbonyl (C=O) groups excluding carboxylic acids is 2. The summed E-state index contributed by atoms with van der Waals surface area (Å²) < 4.78 is 0. The van der Waals surface area contributed by atoms with Crippen LogP contribution in [0, 0.1) is 0 Å². The van der Waals surface area contributed by atoms with E-state index in [-0.39, 0.29) is 6.42 Å². The molecule has 0 aromatic heterocycles. The summed E-state index contributed by atoms with van der Waals surface area (Å²) in [5.41, 5.74) is -1.94. The smallest absolute Gasteiger partial charge is 0.229 e. The molecule has 0 unspecified atom stereocenters. The van der Waals surface area contributed by atoms with E-state index in [4.69, 9.17) is 0 Å². The Hall–Kier alpha value is -1.14. The molecule has 0 heterocycles. The van der Waals surface area contributed by atoms with Gasteiger partial charge in [0, 0.05) is 0 Å². The summed E-state index contributed by atoms with van der Waals surface area (Å²) in [6.07, 6.45) is 1.77. The quantitative estimate of drug-likeness (QED) is 0.456. The number of nitrogens with one attached hydrogen (secondary N) is 2. The van der Waals surface area contributed by atoms with E-state index in [1.165, 1.54) is 0 Å². The van der Waals surface area contributed by atoms with Gasteiger partial charge in [-0.25, -0.2) is 0 Å². The number of aliphatic hydroxyl groups is 2. The van der Waals surface area contributed by atoms with Gasteiger partial charge in [-0.3, -0.25) is 9.59 Å². The van der Waals surface area contributed by atoms with Gasteiger partial charge in [-0.05, 0) is 39.5 Å². The maximum Gasteiger partial charge on any atom is 0.229 e. The Kier molecular flexibility index (Phi) is 8.77. The van der Waals surface area contributed by atoms with Crippen LogP contribution in [0.4, 0.5) is 0 Å². The Bertz CT molecular complexity index is 354. The average Bonchev–Trinajstić information content (AvgIpc) is 2.52. The lowest BCUT2D eigenvalue weighted by molar-refractivity contribution is -0.132. The van der Waals surface area contributed by atoms with Gasteiger partial charge in [-0.1, -0.05) is 27.7 Å². The van der Waals surface area contributed by atoms with Crippen LogP contribution in [0.3, 0.4) is 0 Å². The highest BCUT2D eigenvalue weighted by Gasteiger charge is 2.33. The van der Waals surface area contributed by atoms with Gasteiger partial charge in [0.1, 0.15) is 6.42 Å². The third-order valence-electron chi connectivity index (χ3n) is 5.14. The van der Waals surface area contributed by atoms with Gasteiger partial charge in [0.2, 0.25) is 11.8 Å². The number of hydrogen-bond acceptors (Lipinski definition) is 4. The Morgan fingerprint density at radius 1 is 0.783 bits per heavy atom. The molecule has 6 nitrogen and oxygen atoms in total. The van der Waals surface area contributed by atoms with E-state index in [9.17, 15) is 19.8 Å². The van der Waals surface area contributed by atoms with Crippen LogP contribution in [0.1, 0.15) is 73.6 Å². The molecule has 4 N–H and O–H groups in total. The molecule has 23 heavy (non-hydrogen) atoms. The highest BCUT2D eigenvalue weighted by molar-refractivity contribution is 5.97. The second-order valence-electron chi connectivity index (χ2n) is 6.38. The van der Waals surface area contributed by atoms with Crippen LogP contribution in [0.5, 0.6) is 0 Å². The molecule has 0 saturated heterocycles. The molecule has 2 atom stereocenters. The molecule has 136 valence electrons. The molecular weight excluding hydrogens is 296 g/mol. The number of rotatable bonds is 10. The molecule has 2 amide bonds. The van der Waals surface area contributed by atoms with Crippen molar-refractivity contribution >= 4 is 11.8 Å². The van der Waals surface area contributed by atoms with Gasteiger partial charge < -0.3 is 20.8 Å². The summed E-state index contributed by atoms with van der Waals surface area (Å²) in [5, 5.41) is 26.1. The molecule has 6 heteroatoms. The van der Waals surface area contributed by atoms with Gasteiger partial charge in [0.05, 0.1) is 23.3 Å². The summed E-state index contributed by atoms with van der Waals surface area (Å²) in [4.78, 5) is 23.9. The Labute approximate surface area is 140 Å². The molecule has 0 aromatic rings. The molecule has 0 aliphatic rings. The standard InChI is InChI=1S/C17H34N2O4/c1-7-16(22,8-2)12(5)18-14(20)11-15(21)19-13(6)17(23,9-3)10-4/h12-13,22-23H,7-11H2,1-6H3,(H,18,20)(H,19,21)/t12-,13-/m1/s1. The second-order valence-corrected chi connectivity index (χ2v) is 6.38. The van der Waals surface area contributed by atoms with Crippen molar-refractivity contribution in [2.45, 2.75) is 96.9 Å². The van der Waals surface area contributed by atoms with E-state index < -0.39 is 35.1 Å². The van der Waals surface area contributed by atoms with Gasteiger partial charge in [0.25, 0.3) is 0 Å². The topological polar surface area (TPSA) is 98.7 Å². The van der Waals surface area contributed by atoms with Crippen molar-refractivity contribution in [3.8, 4) is 0 Å². The minimum Gasteiger partial charge on any atom is -0.388 e. The van der Waals surface area contributed by atoms with Crippen LogP contribution >= 0.6 is 0 Å². The molecule has 0 aromatic carbocycles. The first-order valence-corrected chi connectivity index (χ1v) is 8.61. The summed E-state index contributed by atoms with van der Waals surface area (Å²) in [6, 6.07) is -0.864. The van der Waals surface area contributed by atoms with E-state index >= 15 is 0 Å². The van der Waals surface area contributed by atoms with Crippen molar-refractivity contribution in [1.29, 1.82) is 0 Å². The molecule has 0 bridgehead atoms. The highest BCUT2D eigenvalue weighted by atomic mass is 16.3. The molecular formula is C17H34N2O4. The van der Waals surface area contributed by atoms with E-state index in [0.717, 1.165) is 0 Å². The molecule has 0 rings (SSSR count). The zero-order chi connectivity index (χ0) is 18.3. The van der Waals surface area contributed by atoms with Crippen LogP contribution in [-0.2, 0) is 9.59 Å². The monoisotopic (exact) mass is 330 g/mol. The van der Waals surface area contributed by atoms with Gasteiger partial charge in [-0.2, -0.15) is 0 Å². The van der Waals surface area contributed by atoms with Gasteiger partial charge in [-0.15, -0.1) is 0 Å². The maximum atomic E-state index is 12.0. The van der Waals surface area contributed by atoms with Crippen molar-refractivity contribution in [1.82, 2.24) is 10.6 Å². The van der Waals surface area contributed by atoms with E-state index in [0.29, 0.717) is 25.7 Å². The fourth-order valence-corrected chi connectivity index (χ4v) is 2.72. The van der Waals surface area contributed by atoms with Crippen LogP contribution in [0.2, 0.25) is 0 Å². The van der Waals surface area contributed by atoms with Gasteiger partial charge in [0.15, 0.2) is 0 Å². The van der Waals surface area contributed by atoms with Crippen LogP contribution < -0.4 is 10.6 Å². The fraction of sp³-hybridized carbons (Fsp3) is 0.882. The first-order chi connectivity index (χ1) is 10.6. The number of amides is 2. The first kappa shape index (κ1) is 21.9. The zero-order valence-electron chi connectivity index (χ0n) is 15.4. The third kappa shape index (κ3) is 6.11. The number of carbonyl (C=O) groups is 2. The average molecular weight is 330 g/mol. The third-order valence-corrected chi connectivity index (χ3v) is 5.14. The summed E-state index contributed by atoms with van der Waals surface area (Å²) >= 11 is 0. The lowest BCUT2D eigenvalue weighted by Gasteiger charge is -2.33. The molecule has 0 aliphatic carbocycles. The predicted molar refractivity (Wildman–Crippen MR) is 90.9 cm³/mol. The van der Waals surface area contributed by atoms with Crippen molar-refractivity contribution in [3.63, 3.8) is 0 Å². The Balaban J connectivity index is 4.55. The highest BCUT2D eigenvalue weighted by Crippen LogP contribution is 2.20. The van der Waals surface area contributed by atoms with Crippen LogP contribution in [-0.4, -0.2) is 45.3 Å². The lowest BCUT2D eigenvalue weighted by atomic mass is 9.89. The molecule has 0 spiro atoms. The van der Waals surface area contributed by atoms with Crippen LogP contribution in [0.25, 0.3) is 0 Å². The summed E-state index contributed by atoms with van der Waals surface area (Å²) in [6.45, 7) is 10.9. The summed E-state index contributed by atoms with van der Waals surface area (Å²) in [5.74, 6) is -0.863. The molecule has 0 saturated carbocycles. The molecule has 0 fully saturated rings. The van der Waals surface area contributed by atoms with Crippen LogP contribution in [0.15, 0.2) is 0 Å². The Morgan fingerprint density at radius 2 is 1.04 bits per heavy atom. The molecule has 0 radical (unpaired) electrons. The van der Waals surface area contributed by atoms with Crippen molar-refractivity contribution in [2.24, 2.45) is 0 Å². The first-order valence-electron chi connectivity index (χ1n) is 8.61. The normalized spacial score (nSPS) is 15.0. The molecule has 0 aliphatic heterocycles. The van der Waals surface area contributed by atoms with Crippen molar-refractivity contribution < 1.29 is 19.8 Å². The second kappa shape index (κ2) is 9.23. The fourth-order valence-electron chi connectivity index (χ4n) is 2.72. The predicted octanol–water partition coefficient (Wildman–Crippen LogP) is 1.49. The minimum atomic E-state index is -0.968. The van der Waals surface area contributed by atoms with Gasteiger partial charge >= 0.3 is 0 Å². The Morgan fingerprint density at radius 3 is 1.26 bits per heavy atom. The van der Waals surface area contributed by atoms with Crippen molar-refractivity contribution in [2.75, 3.05) is 0 Å². The largest absolute Gasteiger partial charge is 0.388 e. The number of hydrogen-bond donors (Lipinski definition) is 4. The maximum absolute atomic E-state index is 12.0. The van der Waals surface area contributed by atoms with Crippen molar-refractivity contribution in [3.05, 3.63) is 0 Å². The lowest BCUT2D eigenvalue weighted by Crippen LogP contribution is -2.53. The minimum absolute atomic E-state index is 0.318. The summed E-state index contributed by atoms with van der Waals surface area (Å²) in [7, 11) is 0. The SMILES string of the molecule is CCC(O)(CC)[C@@H](C)NC(=O)CC(=O)N[C@H](C)C(O)(CC)CC. The van der Waals surface area contributed by atoms with E-state index in [1.54, 1.807) is 13.8 Å². The zero-order valence-corrected chi connectivity index (χ0v) is 15.4.